The van der Waals surface area contributed by atoms with Crippen LogP contribution in [0.15, 0.2) is 0 Å². The third-order valence-electron chi connectivity index (χ3n) is 4.25. The number of hydrogen-bond donors (Lipinski definition) is 1. The number of hydrogen-bond acceptors (Lipinski definition) is 3. The number of imide groups is 1. The van der Waals surface area contributed by atoms with Gasteiger partial charge in [0.1, 0.15) is 0 Å². The first-order chi connectivity index (χ1) is 8.61. The number of nitrogens with one attached hydrogen (secondary N) is 1. The Hall–Kier alpha value is -0.900. The van der Waals surface area contributed by atoms with Gasteiger partial charge in [0, 0.05) is 12.6 Å². The van der Waals surface area contributed by atoms with Crippen molar-refractivity contribution in [1.82, 2.24) is 10.2 Å². The molecular weight excluding hydrogens is 228 g/mol. The number of carbonyl (C=O) groups is 2. The number of carbonyl (C=O) groups excluding carboxylic acids is 2. The molecule has 0 bridgehead atoms. The Labute approximate surface area is 109 Å². The van der Waals surface area contributed by atoms with E-state index in [0.29, 0.717) is 19.0 Å². The number of likely N-dealkylation sites (tertiary alicyclic amines) is 1. The lowest BCUT2D eigenvalue weighted by Gasteiger charge is -2.20. The van der Waals surface area contributed by atoms with E-state index in [-0.39, 0.29) is 17.9 Å². The molecule has 1 saturated carbocycles. The average molecular weight is 252 g/mol. The summed E-state index contributed by atoms with van der Waals surface area (Å²) in [5.74, 6) is 0.742. The van der Waals surface area contributed by atoms with Crippen molar-refractivity contribution in [2.45, 2.75) is 64.5 Å². The molecule has 0 radical (unpaired) electrons. The fourth-order valence-corrected chi connectivity index (χ4v) is 3.08. The molecule has 2 amide bonds. The molecule has 2 rings (SSSR count). The second kappa shape index (κ2) is 5.83. The maximum absolute atomic E-state index is 12.0. The van der Waals surface area contributed by atoms with Gasteiger partial charge in [-0.15, -0.1) is 0 Å². The lowest BCUT2D eigenvalue weighted by atomic mass is 10.0. The first-order valence-corrected chi connectivity index (χ1v) is 7.22. The SMILES string of the molecule is CCN1C(=O)CC(NC2CCCC(C)CC2)C1=O. The summed E-state index contributed by atoms with van der Waals surface area (Å²) < 4.78 is 0. The lowest BCUT2D eigenvalue weighted by Crippen LogP contribution is -2.43. The van der Waals surface area contributed by atoms with Crippen LogP contribution in [0.1, 0.15) is 52.4 Å². The number of rotatable bonds is 3. The molecule has 0 aromatic carbocycles. The zero-order chi connectivity index (χ0) is 13.1. The molecule has 4 heteroatoms. The van der Waals surface area contributed by atoms with Gasteiger partial charge in [0.25, 0.3) is 0 Å². The lowest BCUT2D eigenvalue weighted by molar-refractivity contribution is -0.138. The van der Waals surface area contributed by atoms with Crippen LogP contribution in [0.5, 0.6) is 0 Å². The molecule has 0 aromatic heterocycles. The van der Waals surface area contributed by atoms with Gasteiger partial charge in [-0.2, -0.15) is 0 Å². The summed E-state index contributed by atoms with van der Waals surface area (Å²) in [5, 5.41) is 3.41. The van der Waals surface area contributed by atoms with Gasteiger partial charge in [-0.05, 0) is 32.1 Å². The van der Waals surface area contributed by atoms with E-state index in [2.05, 4.69) is 12.2 Å². The van der Waals surface area contributed by atoms with Crippen molar-refractivity contribution in [1.29, 1.82) is 0 Å². The van der Waals surface area contributed by atoms with Crippen LogP contribution in [-0.2, 0) is 9.59 Å². The number of likely N-dealkylation sites (N-methyl/N-ethyl adjacent to an activating group) is 1. The van der Waals surface area contributed by atoms with E-state index in [0.717, 1.165) is 18.8 Å². The van der Waals surface area contributed by atoms with Gasteiger partial charge in [0.2, 0.25) is 11.8 Å². The molecule has 2 aliphatic rings. The average Bonchev–Trinajstić information content (AvgIpc) is 2.50. The molecule has 1 aliphatic heterocycles. The zero-order valence-corrected chi connectivity index (χ0v) is 11.4. The quantitative estimate of drug-likeness (QED) is 0.614. The summed E-state index contributed by atoms with van der Waals surface area (Å²) in [5.41, 5.74) is 0. The smallest absolute Gasteiger partial charge is 0.246 e. The molecule has 3 unspecified atom stereocenters. The van der Waals surface area contributed by atoms with Crippen molar-refractivity contribution in [2.24, 2.45) is 5.92 Å². The summed E-state index contributed by atoms with van der Waals surface area (Å²) in [7, 11) is 0. The minimum Gasteiger partial charge on any atom is -0.303 e. The van der Waals surface area contributed by atoms with Crippen molar-refractivity contribution >= 4 is 11.8 Å². The van der Waals surface area contributed by atoms with Crippen molar-refractivity contribution in [3.8, 4) is 0 Å². The van der Waals surface area contributed by atoms with E-state index in [9.17, 15) is 9.59 Å². The maximum Gasteiger partial charge on any atom is 0.246 e. The molecular formula is C14H24N2O2. The third kappa shape index (κ3) is 2.91. The fourth-order valence-electron chi connectivity index (χ4n) is 3.08. The van der Waals surface area contributed by atoms with Crippen molar-refractivity contribution in [3.63, 3.8) is 0 Å². The number of nitrogens with zero attached hydrogens (tertiary/aromatic N) is 1. The Kier molecular flexibility index (Phi) is 4.38. The molecule has 18 heavy (non-hydrogen) atoms. The Balaban J connectivity index is 1.90. The highest BCUT2D eigenvalue weighted by Crippen LogP contribution is 2.24. The van der Waals surface area contributed by atoms with E-state index < -0.39 is 0 Å². The van der Waals surface area contributed by atoms with Crippen LogP contribution < -0.4 is 5.32 Å². The topological polar surface area (TPSA) is 49.4 Å². The molecule has 1 saturated heterocycles. The van der Waals surface area contributed by atoms with Gasteiger partial charge < -0.3 is 5.32 Å². The number of amides is 2. The van der Waals surface area contributed by atoms with Gasteiger partial charge in [0.05, 0.1) is 12.5 Å². The second-order valence-corrected chi connectivity index (χ2v) is 5.71. The van der Waals surface area contributed by atoms with E-state index in [1.54, 1.807) is 0 Å². The molecule has 102 valence electrons. The summed E-state index contributed by atoms with van der Waals surface area (Å²) in [4.78, 5) is 25.0. The minimum absolute atomic E-state index is 0.0259. The Morgan fingerprint density at radius 1 is 1.22 bits per heavy atom. The van der Waals surface area contributed by atoms with Crippen molar-refractivity contribution in [3.05, 3.63) is 0 Å². The molecule has 1 N–H and O–H groups in total. The standard InChI is InChI=1S/C14H24N2O2/c1-3-16-13(17)9-12(14(16)18)15-11-6-4-5-10(2)7-8-11/h10-12,15H,3-9H2,1-2H3. The van der Waals surface area contributed by atoms with E-state index in [1.807, 2.05) is 6.92 Å². The molecule has 2 fully saturated rings. The minimum atomic E-state index is -0.268. The van der Waals surface area contributed by atoms with Gasteiger partial charge >= 0.3 is 0 Å². The van der Waals surface area contributed by atoms with E-state index in [1.165, 1.54) is 24.2 Å². The normalized spacial score (nSPS) is 33.9. The van der Waals surface area contributed by atoms with Crippen molar-refractivity contribution in [2.75, 3.05) is 6.54 Å². The van der Waals surface area contributed by atoms with Crippen LogP contribution >= 0.6 is 0 Å². The molecule has 1 aliphatic carbocycles. The van der Waals surface area contributed by atoms with Gasteiger partial charge in [-0.3, -0.25) is 14.5 Å². The fraction of sp³-hybridized carbons (Fsp3) is 0.857. The zero-order valence-electron chi connectivity index (χ0n) is 11.4. The maximum atomic E-state index is 12.0. The summed E-state index contributed by atoms with van der Waals surface area (Å²) in [6, 6.07) is 0.143. The Morgan fingerprint density at radius 3 is 2.67 bits per heavy atom. The van der Waals surface area contributed by atoms with Crippen LogP contribution in [0.4, 0.5) is 0 Å². The van der Waals surface area contributed by atoms with E-state index in [4.69, 9.17) is 0 Å². The third-order valence-corrected chi connectivity index (χ3v) is 4.25. The van der Waals surface area contributed by atoms with Crippen molar-refractivity contribution < 1.29 is 9.59 Å². The molecule has 1 heterocycles. The van der Waals surface area contributed by atoms with Crippen LogP contribution in [0.2, 0.25) is 0 Å². The molecule has 3 atom stereocenters. The summed E-state index contributed by atoms with van der Waals surface area (Å²) in [6.07, 6.45) is 6.35. The summed E-state index contributed by atoms with van der Waals surface area (Å²) >= 11 is 0. The molecule has 4 nitrogen and oxygen atoms in total. The highest BCUT2D eigenvalue weighted by atomic mass is 16.2. The van der Waals surface area contributed by atoms with Gasteiger partial charge in [-0.25, -0.2) is 0 Å². The van der Waals surface area contributed by atoms with Crippen LogP contribution in [-0.4, -0.2) is 35.3 Å². The first kappa shape index (κ1) is 13.5. The van der Waals surface area contributed by atoms with Crippen LogP contribution in [0, 0.1) is 5.92 Å². The van der Waals surface area contributed by atoms with E-state index >= 15 is 0 Å². The van der Waals surface area contributed by atoms with Crippen LogP contribution in [0.25, 0.3) is 0 Å². The Morgan fingerprint density at radius 2 is 2.00 bits per heavy atom. The predicted molar refractivity (Wildman–Crippen MR) is 70.0 cm³/mol. The predicted octanol–water partition coefficient (Wildman–Crippen LogP) is 1.69. The van der Waals surface area contributed by atoms with Gasteiger partial charge in [0.15, 0.2) is 0 Å². The summed E-state index contributed by atoms with van der Waals surface area (Å²) in [6.45, 7) is 4.65. The van der Waals surface area contributed by atoms with Gasteiger partial charge in [-0.1, -0.05) is 19.8 Å². The largest absolute Gasteiger partial charge is 0.303 e. The highest BCUT2D eigenvalue weighted by molar-refractivity contribution is 6.05. The molecule has 0 spiro atoms. The second-order valence-electron chi connectivity index (χ2n) is 5.71. The highest BCUT2D eigenvalue weighted by Gasteiger charge is 2.38. The first-order valence-electron chi connectivity index (χ1n) is 7.22. The monoisotopic (exact) mass is 252 g/mol. The molecule has 0 aromatic rings. The van der Waals surface area contributed by atoms with Crippen LogP contribution in [0.3, 0.4) is 0 Å². The Bertz CT molecular complexity index is 330.